The molecule has 5 heteroatoms. The molecule has 0 fully saturated rings. The van der Waals surface area contributed by atoms with Gasteiger partial charge in [-0.25, -0.2) is 4.98 Å². The number of rotatable bonds is 3. The smallest absolute Gasteiger partial charge is 0.140 e. The van der Waals surface area contributed by atoms with E-state index in [1.807, 2.05) is 38.1 Å². The van der Waals surface area contributed by atoms with Gasteiger partial charge >= 0.3 is 0 Å². The fourth-order valence-electron chi connectivity index (χ4n) is 3.09. The monoisotopic (exact) mass is 337 g/mol. The molecule has 0 bridgehead atoms. The fourth-order valence-corrected chi connectivity index (χ4v) is 3.09. The molecular formula is C21H15N5. The minimum absolute atomic E-state index is 0.380. The van der Waals surface area contributed by atoms with Crippen molar-refractivity contribution in [1.82, 2.24) is 9.55 Å². The highest BCUT2D eigenvalue weighted by atomic mass is 15.0. The first-order chi connectivity index (χ1) is 12.6. The van der Waals surface area contributed by atoms with Crippen molar-refractivity contribution in [3.05, 3.63) is 76.4 Å². The maximum Gasteiger partial charge on any atom is 0.140 e. The lowest BCUT2D eigenvalue weighted by Gasteiger charge is -2.10. The zero-order valence-corrected chi connectivity index (χ0v) is 14.5. The molecule has 0 radical (unpaired) electrons. The summed E-state index contributed by atoms with van der Waals surface area (Å²) in [6.45, 7) is 4.48. The third-order valence-electron chi connectivity index (χ3n) is 4.48. The third kappa shape index (κ3) is 2.93. The van der Waals surface area contributed by atoms with E-state index in [0.29, 0.717) is 23.4 Å². The highest BCUT2D eigenvalue weighted by Crippen LogP contribution is 2.32. The van der Waals surface area contributed by atoms with Crippen LogP contribution in [0.15, 0.2) is 42.6 Å². The molecule has 0 N–H and O–H groups in total. The number of nitrogens with zero attached hydrogens (tertiary/aromatic N) is 5. The molecule has 0 aliphatic heterocycles. The molecule has 5 nitrogen and oxygen atoms in total. The van der Waals surface area contributed by atoms with E-state index in [1.54, 1.807) is 24.4 Å². The van der Waals surface area contributed by atoms with Gasteiger partial charge in [0.25, 0.3) is 0 Å². The van der Waals surface area contributed by atoms with Crippen molar-refractivity contribution in [2.24, 2.45) is 0 Å². The molecule has 2 aromatic heterocycles. The molecule has 0 atom stereocenters. The average molecular weight is 337 g/mol. The van der Waals surface area contributed by atoms with E-state index >= 15 is 0 Å². The standard InChI is InChI=1S/C21H15N5/c1-14-20(11-24)21(18-6-3-16(9-22)4-7-18)15(2)26(14)13-17-5-8-19(10-23)25-12-17/h3-8,12H,13H2,1-2H3. The first-order valence-corrected chi connectivity index (χ1v) is 8.04. The highest BCUT2D eigenvalue weighted by Gasteiger charge is 2.19. The Balaban J connectivity index is 2.07. The van der Waals surface area contributed by atoms with Gasteiger partial charge in [-0.15, -0.1) is 0 Å². The Hall–Kier alpha value is -3.88. The first kappa shape index (κ1) is 17.0. The van der Waals surface area contributed by atoms with Crippen molar-refractivity contribution >= 4 is 0 Å². The van der Waals surface area contributed by atoms with Crippen LogP contribution in [0.2, 0.25) is 0 Å². The van der Waals surface area contributed by atoms with Crippen LogP contribution in [0.5, 0.6) is 0 Å². The normalized spacial score (nSPS) is 9.96. The quantitative estimate of drug-likeness (QED) is 0.726. The van der Waals surface area contributed by atoms with Crippen molar-refractivity contribution in [2.75, 3.05) is 0 Å². The Kier molecular flexibility index (Phi) is 4.52. The molecule has 2 heterocycles. The number of pyridine rings is 1. The van der Waals surface area contributed by atoms with Crippen molar-refractivity contribution in [3.63, 3.8) is 0 Å². The van der Waals surface area contributed by atoms with E-state index in [0.717, 1.165) is 28.1 Å². The van der Waals surface area contributed by atoms with Gasteiger partial charge in [0.2, 0.25) is 0 Å². The van der Waals surface area contributed by atoms with Gasteiger partial charge in [0.05, 0.1) is 17.2 Å². The molecular weight excluding hydrogens is 322 g/mol. The number of nitriles is 3. The number of hydrogen-bond donors (Lipinski definition) is 0. The maximum absolute atomic E-state index is 9.67. The summed E-state index contributed by atoms with van der Waals surface area (Å²) >= 11 is 0. The summed E-state index contributed by atoms with van der Waals surface area (Å²) in [6, 6.07) is 17.2. The second kappa shape index (κ2) is 6.93. The van der Waals surface area contributed by atoms with Crippen LogP contribution in [0.25, 0.3) is 11.1 Å². The van der Waals surface area contributed by atoms with Crippen LogP contribution in [-0.4, -0.2) is 9.55 Å². The summed E-state index contributed by atoms with van der Waals surface area (Å²) in [5.74, 6) is 0. The molecule has 0 spiro atoms. The van der Waals surface area contributed by atoms with E-state index in [-0.39, 0.29) is 0 Å². The number of aromatic nitrogens is 2. The van der Waals surface area contributed by atoms with E-state index < -0.39 is 0 Å². The number of hydrogen-bond acceptors (Lipinski definition) is 4. The molecule has 0 unspecified atom stereocenters. The Morgan fingerprint density at radius 1 is 0.885 bits per heavy atom. The zero-order valence-electron chi connectivity index (χ0n) is 14.5. The van der Waals surface area contributed by atoms with Gasteiger partial charge in [-0.05, 0) is 43.2 Å². The second-order valence-electron chi connectivity index (χ2n) is 5.97. The third-order valence-corrected chi connectivity index (χ3v) is 4.48. The Bertz CT molecular complexity index is 1080. The van der Waals surface area contributed by atoms with Gasteiger partial charge in [-0.1, -0.05) is 18.2 Å². The summed E-state index contributed by atoms with van der Waals surface area (Å²) in [6.07, 6.45) is 1.69. The molecule has 0 saturated carbocycles. The van der Waals surface area contributed by atoms with E-state index in [4.69, 9.17) is 10.5 Å². The fraction of sp³-hybridized carbons (Fsp3) is 0.143. The maximum atomic E-state index is 9.67. The predicted molar refractivity (Wildman–Crippen MR) is 96.8 cm³/mol. The van der Waals surface area contributed by atoms with Crippen molar-refractivity contribution in [1.29, 1.82) is 15.8 Å². The van der Waals surface area contributed by atoms with Crippen LogP contribution in [0.4, 0.5) is 0 Å². The molecule has 0 aliphatic rings. The van der Waals surface area contributed by atoms with Gasteiger partial charge < -0.3 is 4.57 Å². The summed E-state index contributed by atoms with van der Waals surface area (Å²) in [5, 5.41) is 27.5. The molecule has 0 aliphatic carbocycles. The van der Waals surface area contributed by atoms with Gasteiger partial charge in [0.15, 0.2) is 0 Å². The lowest BCUT2D eigenvalue weighted by molar-refractivity contribution is 0.746. The van der Waals surface area contributed by atoms with Crippen molar-refractivity contribution < 1.29 is 0 Å². The topological polar surface area (TPSA) is 89.2 Å². The molecule has 1 aromatic carbocycles. The first-order valence-electron chi connectivity index (χ1n) is 8.04. The Labute approximate surface area is 152 Å². The van der Waals surface area contributed by atoms with Gasteiger partial charge in [-0.2, -0.15) is 15.8 Å². The van der Waals surface area contributed by atoms with Crippen molar-refractivity contribution in [2.45, 2.75) is 20.4 Å². The number of benzene rings is 1. The minimum atomic E-state index is 0.380. The Morgan fingerprint density at radius 3 is 2.15 bits per heavy atom. The minimum Gasteiger partial charge on any atom is -0.343 e. The average Bonchev–Trinajstić information content (AvgIpc) is 2.92. The lowest BCUT2D eigenvalue weighted by atomic mass is 10.0. The van der Waals surface area contributed by atoms with Crippen LogP contribution < -0.4 is 0 Å². The van der Waals surface area contributed by atoms with Crippen LogP contribution in [0.1, 0.15) is 33.8 Å². The summed E-state index contributed by atoms with van der Waals surface area (Å²) in [4.78, 5) is 4.11. The second-order valence-corrected chi connectivity index (χ2v) is 5.97. The van der Waals surface area contributed by atoms with Crippen LogP contribution in [0, 0.1) is 47.8 Å². The molecule has 3 rings (SSSR count). The van der Waals surface area contributed by atoms with Crippen LogP contribution in [-0.2, 0) is 6.54 Å². The SMILES string of the molecule is Cc1c(C#N)c(-c2ccc(C#N)cc2)c(C)n1Cc1ccc(C#N)nc1. The largest absolute Gasteiger partial charge is 0.343 e. The van der Waals surface area contributed by atoms with E-state index in [2.05, 4.69) is 21.7 Å². The molecule has 0 saturated heterocycles. The summed E-state index contributed by atoms with van der Waals surface area (Å²) in [7, 11) is 0. The van der Waals surface area contributed by atoms with E-state index in [1.165, 1.54) is 0 Å². The van der Waals surface area contributed by atoms with Gasteiger partial charge in [0, 0.05) is 29.7 Å². The van der Waals surface area contributed by atoms with Crippen molar-refractivity contribution in [3.8, 4) is 29.3 Å². The lowest BCUT2D eigenvalue weighted by Crippen LogP contribution is -2.04. The summed E-state index contributed by atoms with van der Waals surface area (Å²) < 4.78 is 2.08. The Morgan fingerprint density at radius 2 is 1.62 bits per heavy atom. The molecule has 26 heavy (non-hydrogen) atoms. The van der Waals surface area contributed by atoms with Gasteiger partial charge in [0.1, 0.15) is 17.8 Å². The van der Waals surface area contributed by atoms with Crippen LogP contribution >= 0.6 is 0 Å². The highest BCUT2D eigenvalue weighted by molar-refractivity contribution is 5.75. The zero-order chi connectivity index (χ0) is 18.7. The summed E-state index contributed by atoms with van der Waals surface area (Å²) in [5.41, 5.74) is 6.22. The van der Waals surface area contributed by atoms with Crippen LogP contribution in [0.3, 0.4) is 0 Å². The molecule has 0 amide bonds. The molecule has 3 aromatic rings. The predicted octanol–water partition coefficient (Wildman–Crippen LogP) is 3.83. The van der Waals surface area contributed by atoms with E-state index in [9.17, 15) is 5.26 Å². The molecule has 124 valence electrons. The van der Waals surface area contributed by atoms with Gasteiger partial charge in [-0.3, -0.25) is 0 Å².